The van der Waals surface area contributed by atoms with Crippen molar-refractivity contribution in [2.75, 3.05) is 27.1 Å². The minimum Gasteiger partial charge on any atom is -0.493 e. The predicted octanol–water partition coefficient (Wildman–Crippen LogP) is 2.67. The Morgan fingerprint density at radius 3 is 2.21 bits per heavy atom. The van der Waals surface area contributed by atoms with Crippen LogP contribution >= 0.6 is 12.4 Å². The lowest BCUT2D eigenvalue weighted by Gasteiger charge is -2.20. The molecule has 0 fully saturated rings. The first-order valence-electron chi connectivity index (χ1n) is 8.39. The van der Waals surface area contributed by atoms with E-state index >= 15 is 0 Å². The van der Waals surface area contributed by atoms with Crippen LogP contribution in [0.5, 0.6) is 11.5 Å². The van der Waals surface area contributed by atoms with Crippen molar-refractivity contribution in [2.24, 2.45) is 0 Å². The van der Waals surface area contributed by atoms with Crippen LogP contribution in [-0.2, 0) is 20.7 Å². The Kier molecular flexibility index (Phi) is 9.11. The van der Waals surface area contributed by atoms with Gasteiger partial charge in [-0.05, 0) is 35.4 Å². The molecule has 0 saturated heterocycles. The topological polar surface area (TPSA) is 99.9 Å². The molecule has 152 valence electrons. The molecule has 2 aromatic carbocycles. The van der Waals surface area contributed by atoms with Crippen molar-refractivity contribution in [3.63, 3.8) is 0 Å². The third-order valence-corrected chi connectivity index (χ3v) is 4.09. The summed E-state index contributed by atoms with van der Waals surface area (Å²) in [6.45, 7) is 0. The molecule has 8 heteroatoms. The molecular weight excluding hydrogens is 384 g/mol. The molecule has 2 aromatic rings. The van der Waals surface area contributed by atoms with Gasteiger partial charge < -0.3 is 25.3 Å². The summed E-state index contributed by atoms with van der Waals surface area (Å²) in [5, 5.41) is 2.88. The van der Waals surface area contributed by atoms with E-state index in [0.29, 0.717) is 22.7 Å². The first kappa shape index (κ1) is 23.1. The standard InChI is InChI=1S/C20H24N2O5.ClH/c1-25-17-9-6-14(11-18(17)26-2)16(12-20(24)27-3)22-19(23)10-13-4-7-15(21)8-5-13;/h4-9,11,16H,10,12,21H2,1-3H3,(H,22,23);1H. The van der Waals surface area contributed by atoms with Gasteiger partial charge in [-0.1, -0.05) is 18.2 Å². The van der Waals surface area contributed by atoms with Crippen LogP contribution in [0.1, 0.15) is 23.6 Å². The second kappa shape index (κ2) is 11.0. The second-order valence-electron chi connectivity index (χ2n) is 5.93. The molecule has 7 nitrogen and oxygen atoms in total. The molecule has 0 aliphatic rings. The van der Waals surface area contributed by atoms with Crippen LogP contribution in [-0.4, -0.2) is 33.2 Å². The minimum atomic E-state index is -0.557. The quantitative estimate of drug-likeness (QED) is 0.514. The molecule has 0 spiro atoms. The fourth-order valence-corrected chi connectivity index (χ4v) is 2.64. The van der Waals surface area contributed by atoms with Crippen molar-refractivity contribution in [3.8, 4) is 11.5 Å². The summed E-state index contributed by atoms with van der Waals surface area (Å²) < 4.78 is 15.3. The largest absolute Gasteiger partial charge is 0.493 e. The third kappa shape index (κ3) is 6.35. The molecule has 0 aromatic heterocycles. The van der Waals surface area contributed by atoms with Crippen LogP contribution < -0.4 is 20.5 Å². The van der Waals surface area contributed by atoms with E-state index in [1.807, 2.05) is 0 Å². The van der Waals surface area contributed by atoms with Crippen molar-refractivity contribution in [3.05, 3.63) is 53.6 Å². The van der Waals surface area contributed by atoms with Gasteiger partial charge in [0.05, 0.1) is 40.2 Å². The van der Waals surface area contributed by atoms with Crippen molar-refractivity contribution in [1.29, 1.82) is 0 Å². The first-order chi connectivity index (χ1) is 13.0. The van der Waals surface area contributed by atoms with E-state index in [9.17, 15) is 9.59 Å². The molecule has 2 rings (SSSR count). The highest BCUT2D eigenvalue weighted by Gasteiger charge is 2.20. The van der Waals surface area contributed by atoms with E-state index in [2.05, 4.69) is 5.32 Å². The highest BCUT2D eigenvalue weighted by Crippen LogP contribution is 2.31. The molecule has 1 unspecified atom stereocenters. The number of nitrogens with two attached hydrogens (primary N) is 1. The van der Waals surface area contributed by atoms with Gasteiger partial charge in [0.1, 0.15) is 0 Å². The number of benzene rings is 2. The normalized spacial score (nSPS) is 11.0. The average molecular weight is 409 g/mol. The zero-order valence-corrected chi connectivity index (χ0v) is 16.9. The molecule has 0 bridgehead atoms. The fourth-order valence-electron chi connectivity index (χ4n) is 2.64. The van der Waals surface area contributed by atoms with Gasteiger partial charge in [0.2, 0.25) is 5.91 Å². The molecule has 0 radical (unpaired) electrons. The van der Waals surface area contributed by atoms with Crippen molar-refractivity contribution >= 4 is 30.0 Å². The van der Waals surface area contributed by atoms with Gasteiger partial charge in [0.15, 0.2) is 11.5 Å². The molecule has 0 aliphatic carbocycles. The van der Waals surface area contributed by atoms with E-state index in [1.54, 1.807) is 42.5 Å². The number of nitrogen functional groups attached to an aromatic ring is 1. The number of halogens is 1. The van der Waals surface area contributed by atoms with E-state index in [-0.39, 0.29) is 31.2 Å². The first-order valence-corrected chi connectivity index (χ1v) is 8.39. The minimum absolute atomic E-state index is 0. The number of nitrogens with one attached hydrogen (secondary N) is 1. The van der Waals surface area contributed by atoms with Crippen LogP contribution in [0.15, 0.2) is 42.5 Å². The van der Waals surface area contributed by atoms with Crippen molar-refractivity contribution in [1.82, 2.24) is 5.32 Å². The van der Waals surface area contributed by atoms with Crippen molar-refractivity contribution in [2.45, 2.75) is 18.9 Å². The summed E-state index contributed by atoms with van der Waals surface area (Å²) in [5.41, 5.74) is 7.83. The molecular formula is C20H25ClN2O5. The van der Waals surface area contributed by atoms with Gasteiger partial charge >= 0.3 is 5.97 Å². The molecule has 28 heavy (non-hydrogen) atoms. The number of esters is 1. The Morgan fingerprint density at radius 1 is 1.00 bits per heavy atom. The van der Waals surface area contributed by atoms with Gasteiger partial charge in [0, 0.05) is 5.69 Å². The Morgan fingerprint density at radius 2 is 1.64 bits per heavy atom. The predicted molar refractivity (Wildman–Crippen MR) is 109 cm³/mol. The number of hydrogen-bond acceptors (Lipinski definition) is 6. The van der Waals surface area contributed by atoms with Crippen LogP contribution in [0, 0.1) is 0 Å². The molecule has 1 atom stereocenters. The van der Waals surface area contributed by atoms with Gasteiger partial charge in [-0.25, -0.2) is 0 Å². The highest BCUT2D eigenvalue weighted by atomic mass is 35.5. The van der Waals surface area contributed by atoms with Gasteiger partial charge in [-0.15, -0.1) is 12.4 Å². The molecule has 0 saturated carbocycles. The number of anilines is 1. The zero-order chi connectivity index (χ0) is 19.8. The van der Waals surface area contributed by atoms with Crippen LogP contribution in [0.25, 0.3) is 0 Å². The Hall–Kier alpha value is -2.93. The number of carbonyl (C=O) groups is 2. The number of hydrogen-bond donors (Lipinski definition) is 2. The van der Waals surface area contributed by atoms with E-state index in [4.69, 9.17) is 19.9 Å². The summed E-state index contributed by atoms with van der Waals surface area (Å²) in [5.74, 6) is 0.426. The van der Waals surface area contributed by atoms with Gasteiger partial charge in [0.25, 0.3) is 0 Å². The summed E-state index contributed by atoms with van der Waals surface area (Å²) in [4.78, 5) is 24.3. The lowest BCUT2D eigenvalue weighted by Crippen LogP contribution is -2.31. The zero-order valence-electron chi connectivity index (χ0n) is 16.1. The lowest BCUT2D eigenvalue weighted by atomic mass is 10.0. The van der Waals surface area contributed by atoms with Gasteiger partial charge in [-0.3, -0.25) is 9.59 Å². The van der Waals surface area contributed by atoms with E-state index < -0.39 is 12.0 Å². The number of rotatable bonds is 8. The summed E-state index contributed by atoms with van der Waals surface area (Å²) in [7, 11) is 4.37. The monoisotopic (exact) mass is 408 g/mol. The van der Waals surface area contributed by atoms with E-state index in [1.165, 1.54) is 21.3 Å². The Labute approximate surface area is 170 Å². The van der Waals surface area contributed by atoms with E-state index in [0.717, 1.165) is 5.56 Å². The fraction of sp³-hybridized carbons (Fsp3) is 0.300. The Bertz CT molecular complexity index is 796. The number of carbonyl (C=O) groups excluding carboxylic acids is 2. The maximum atomic E-state index is 12.5. The maximum absolute atomic E-state index is 12.5. The van der Waals surface area contributed by atoms with Gasteiger partial charge in [-0.2, -0.15) is 0 Å². The summed E-state index contributed by atoms with van der Waals surface area (Å²) >= 11 is 0. The SMILES string of the molecule is COC(=O)CC(NC(=O)Cc1ccc(N)cc1)c1ccc(OC)c(OC)c1.Cl. The highest BCUT2D eigenvalue weighted by molar-refractivity contribution is 5.85. The average Bonchev–Trinajstić information content (AvgIpc) is 2.68. The van der Waals surface area contributed by atoms with Crippen molar-refractivity contribution < 1.29 is 23.8 Å². The number of amides is 1. The Balaban J connectivity index is 0.00000392. The lowest BCUT2D eigenvalue weighted by molar-refractivity contribution is -0.141. The molecule has 3 N–H and O–H groups in total. The maximum Gasteiger partial charge on any atom is 0.307 e. The summed E-state index contributed by atoms with van der Waals surface area (Å²) in [6.07, 6.45) is 0.171. The second-order valence-corrected chi connectivity index (χ2v) is 5.93. The molecule has 1 amide bonds. The number of ether oxygens (including phenoxy) is 3. The van der Waals surface area contributed by atoms with Crippen LogP contribution in [0.4, 0.5) is 5.69 Å². The van der Waals surface area contributed by atoms with Crippen LogP contribution in [0.2, 0.25) is 0 Å². The molecule has 0 heterocycles. The smallest absolute Gasteiger partial charge is 0.307 e. The number of methoxy groups -OCH3 is 3. The third-order valence-electron chi connectivity index (χ3n) is 4.09. The molecule has 0 aliphatic heterocycles. The summed E-state index contributed by atoms with van der Waals surface area (Å²) in [6, 6.07) is 11.7. The van der Waals surface area contributed by atoms with Crippen LogP contribution in [0.3, 0.4) is 0 Å².